The van der Waals surface area contributed by atoms with Crippen molar-refractivity contribution in [1.29, 1.82) is 0 Å². The topological polar surface area (TPSA) is 78.9 Å². The number of ketones is 1. The second-order valence-corrected chi connectivity index (χ2v) is 6.34. The quantitative estimate of drug-likeness (QED) is 0.216. The van der Waals surface area contributed by atoms with E-state index in [-0.39, 0.29) is 12.2 Å². The Labute approximate surface area is 183 Å². The molecule has 0 aromatic heterocycles. The van der Waals surface area contributed by atoms with Crippen molar-refractivity contribution < 1.29 is 28.4 Å². The van der Waals surface area contributed by atoms with Crippen molar-refractivity contribution in [3.8, 4) is 11.5 Å². The lowest BCUT2D eigenvalue weighted by Crippen LogP contribution is -2.25. The molecule has 7 heteroatoms. The predicted molar refractivity (Wildman–Crippen MR) is 118 cm³/mol. The highest BCUT2D eigenvalue weighted by Gasteiger charge is 2.34. The Bertz CT molecular complexity index is 969. The molecule has 160 valence electrons. The van der Waals surface area contributed by atoms with Crippen LogP contribution in [-0.4, -0.2) is 26.0 Å². The third-order valence-corrected chi connectivity index (χ3v) is 4.53. The number of rotatable bonds is 8. The van der Waals surface area contributed by atoms with Gasteiger partial charge in [-0.15, -0.1) is 0 Å². The average Bonchev–Trinajstić information content (AvgIpc) is 2.84. The molecule has 0 aliphatic heterocycles. The van der Waals surface area contributed by atoms with Crippen LogP contribution in [0.5, 0.6) is 11.5 Å². The Morgan fingerprint density at radius 3 is 1.81 bits per heavy atom. The maximum atomic E-state index is 13.5. The van der Waals surface area contributed by atoms with Crippen LogP contribution >= 0.6 is 9.12 Å². The van der Waals surface area contributed by atoms with Gasteiger partial charge in [-0.25, -0.2) is 0 Å². The van der Waals surface area contributed by atoms with Gasteiger partial charge in [-0.1, -0.05) is 66.7 Å². The first-order valence-corrected chi connectivity index (χ1v) is 9.77. The lowest BCUT2D eigenvalue weighted by molar-refractivity contribution is -0.145. The zero-order valence-electron chi connectivity index (χ0n) is 17.2. The van der Waals surface area contributed by atoms with Crippen molar-refractivity contribution in [2.45, 2.75) is 12.5 Å². The Morgan fingerprint density at radius 1 is 0.774 bits per heavy atom. The Balaban J connectivity index is 0.00000166. The molecule has 0 N–H and O–H groups in total. The van der Waals surface area contributed by atoms with E-state index in [9.17, 15) is 9.59 Å². The molecule has 0 aliphatic carbocycles. The first-order valence-electron chi connectivity index (χ1n) is 9.36. The van der Waals surface area contributed by atoms with Crippen molar-refractivity contribution in [1.82, 2.24) is 0 Å². The first kappa shape index (κ1) is 23.8. The summed E-state index contributed by atoms with van der Waals surface area (Å²) in [5, 5.41) is 0. The fraction of sp³-hybridized carbons (Fsp3) is 0.167. The molecular weight excluding hydrogens is 415 g/mol. The van der Waals surface area contributed by atoms with Gasteiger partial charge in [0.1, 0.15) is 38.7 Å². The molecule has 6 nitrogen and oxygen atoms in total. The van der Waals surface area contributed by atoms with Gasteiger partial charge in [0.2, 0.25) is 0 Å². The predicted octanol–water partition coefficient (Wildman–Crippen LogP) is 4.89. The lowest BCUT2D eigenvalue weighted by atomic mass is 9.89. The molecule has 1 atom stereocenters. The Kier molecular flexibility index (Phi) is 9.40. The van der Waals surface area contributed by atoms with Crippen LogP contribution in [0.3, 0.4) is 0 Å². The smallest absolute Gasteiger partial charge is 0.321 e. The van der Waals surface area contributed by atoms with E-state index >= 15 is 0 Å². The van der Waals surface area contributed by atoms with Crippen molar-refractivity contribution >= 4 is 20.9 Å². The van der Waals surface area contributed by atoms with Crippen LogP contribution in [0.1, 0.15) is 27.4 Å². The third kappa shape index (κ3) is 6.00. The highest BCUT2D eigenvalue weighted by Crippen LogP contribution is 2.34. The Morgan fingerprint density at radius 2 is 1.29 bits per heavy atom. The number of hydrogen-bond acceptors (Lipinski definition) is 6. The monoisotopic (exact) mass is 438 g/mol. The molecule has 0 amide bonds. The highest BCUT2D eigenvalue weighted by atomic mass is 31.0. The van der Waals surface area contributed by atoms with Crippen LogP contribution in [0.15, 0.2) is 78.9 Å². The summed E-state index contributed by atoms with van der Waals surface area (Å²) in [6, 6.07) is 23.2. The number of Topliss-reactive ketones (excluding diaryl/α,β-unsaturated/α-hetero) is 1. The average molecular weight is 438 g/mol. The molecule has 31 heavy (non-hydrogen) atoms. The van der Waals surface area contributed by atoms with E-state index in [0.29, 0.717) is 17.1 Å². The molecule has 0 aliphatic rings. The van der Waals surface area contributed by atoms with Crippen LogP contribution < -0.4 is 9.47 Å². The maximum Gasteiger partial charge on any atom is 0.321 e. The number of ether oxygens (including phenoxy) is 3. The molecule has 0 fully saturated rings. The highest BCUT2D eigenvalue weighted by molar-refractivity contribution is 7.00. The minimum absolute atomic E-state index is 0.0827. The summed E-state index contributed by atoms with van der Waals surface area (Å²) in [6.07, 6.45) is 0. The molecule has 0 radical (unpaired) electrons. The molecule has 0 heterocycles. The van der Waals surface area contributed by atoms with Crippen LogP contribution in [-0.2, 0) is 20.7 Å². The lowest BCUT2D eigenvalue weighted by Gasteiger charge is -2.19. The minimum atomic E-state index is -1.13. The third-order valence-electron chi connectivity index (χ3n) is 4.53. The number of benzene rings is 3. The van der Waals surface area contributed by atoms with Crippen LogP contribution in [0, 0.1) is 0 Å². The molecule has 3 rings (SSSR count). The standard InChI is InChI=1S/C24H22O5.HOP/c1-27-19-14-9-15-20(28-2)22(19)23(25)21(18-12-7-4-8-13-18)24(26)29-16-17-10-5-3-6-11-17;1-2/h3-15,21H,16H2,1-2H3;2H. The number of carbonyl (C=O) groups is 2. The van der Waals surface area contributed by atoms with Crippen molar-refractivity contribution in [3.05, 3.63) is 95.6 Å². The van der Waals surface area contributed by atoms with Gasteiger partial charge in [0.05, 0.1) is 14.2 Å². The van der Waals surface area contributed by atoms with E-state index in [1.165, 1.54) is 14.2 Å². The summed E-state index contributed by atoms with van der Waals surface area (Å²) < 4.78 is 24.3. The van der Waals surface area contributed by atoms with Crippen LogP contribution in [0.2, 0.25) is 0 Å². The largest absolute Gasteiger partial charge is 0.496 e. The van der Waals surface area contributed by atoms with Crippen molar-refractivity contribution in [3.63, 3.8) is 0 Å². The van der Waals surface area contributed by atoms with Gasteiger partial charge in [0.15, 0.2) is 5.78 Å². The second-order valence-electron chi connectivity index (χ2n) is 6.34. The van der Waals surface area contributed by atoms with Gasteiger partial charge in [0, 0.05) is 0 Å². The summed E-state index contributed by atoms with van der Waals surface area (Å²) in [5.74, 6) is -1.52. The number of carbonyl (C=O) groups excluding carboxylic acids is 2. The molecular formula is C24H23O6P. The molecule has 3 aromatic rings. The van der Waals surface area contributed by atoms with E-state index in [1.807, 2.05) is 36.4 Å². The number of esters is 1. The fourth-order valence-electron chi connectivity index (χ4n) is 3.09. The van der Waals surface area contributed by atoms with Crippen LogP contribution in [0.25, 0.3) is 0 Å². The van der Waals surface area contributed by atoms with E-state index in [1.54, 1.807) is 51.6 Å². The zero-order valence-corrected chi connectivity index (χ0v) is 18.2. The van der Waals surface area contributed by atoms with Crippen molar-refractivity contribution in [2.24, 2.45) is 0 Å². The first-order chi connectivity index (χ1) is 15.2. The number of hydrogen-bond donors (Lipinski definition) is 0. The second kappa shape index (κ2) is 12.3. The summed E-state index contributed by atoms with van der Waals surface area (Å²) >= 11 is 0. The maximum absolute atomic E-state index is 13.5. The van der Waals surface area contributed by atoms with Gasteiger partial charge in [-0.2, -0.15) is 0 Å². The van der Waals surface area contributed by atoms with Gasteiger partial charge < -0.3 is 14.2 Å². The summed E-state index contributed by atoms with van der Waals surface area (Å²) in [5.41, 5.74) is 1.60. The fourth-order valence-corrected chi connectivity index (χ4v) is 3.09. The molecule has 3 aromatic carbocycles. The van der Waals surface area contributed by atoms with E-state index < -0.39 is 17.7 Å². The molecule has 1 unspecified atom stereocenters. The zero-order chi connectivity index (χ0) is 22.6. The summed E-state index contributed by atoms with van der Waals surface area (Å²) in [6.45, 7) is 0.0827. The Hall–Kier alpha value is -3.50. The minimum Gasteiger partial charge on any atom is -0.496 e. The molecule has 0 spiro atoms. The van der Waals surface area contributed by atoms with Gasteiger partial charge >= 0.3 is 5.97 Å². The van der Waals surface area contributed by atoms with Crippen molar-refractivity contribution in [2.75, 3.05) is 14.2 Å². The molecule has 0 saturated carbocycles. The SMILES string of the molecule is COc1cccc(OC)c1C(=O)C(C(=O)OCc1ccccc1)c1ccccc1.O=P. The normalized spacial score (nSPS) is 10.8. The molecule has 0 saturated heterocycles. The summed E-state index contributed by atoms with van der Waals surface area (Å²) in [4.78, 5) is 26.5. The van der Waals surface area contributed by atoms with Gasteiger partial charge in [-0.05, 0) is 23.3 Å². The van der Waals surface area contributed by atoms with E-state index in [0.717, 1.165) is 5.56 Å². The van der Waals surface area contributed by atoms with E-state index in [4.69, 9.17) is 18.8 Å². The van der Waals surface area contributed by atoms with Gasteiger partial charge in [0.25, 0.3) is 0 Å². The molecule has 0 bridgehead atoms. The summed E-state index contributed by atoms with van der Waals surface area (Å²) in [7, 11) is 4.66. The van der Waals surface area contributed by atoms with E-state index in [2.05, 4.69) is 0 Å². The van der Waals surface area contributed by atoms with Crippen LogP contribution in [0.4, 0.5) is 0 Å². The number of methoxy groups -OCH3 is 2. The van der Waals surface area contributed by atoms with Gasteiger partial charge in [-0.3, -0.25) is 14.2 Å².